The Bertz CT molecular complexity index is 373. The van der Waals surface area contributed by atoms with Crippen LogP contribution in [0.5, 0.6) is 0 Å². The van der Waals surface area contributed by atoms with Gasteiger partial charge in [0.15, 0.2) is 6.19 Å². The minimum Gasteiger partial charge on any atom is -0.293 e. The van der Waals surface area contributed by atoms with E-state index >= 15 is 0 Å². The zero-order valence-corrected chi connectivity index (χ0v) is 6.00. The number of benzene rings is 1. The maximum Gasteiger partial charge on any atom is 0.181 e. The fraction of sp³-hybridized carbons (Fsp3) is 0. The van der Waals surface area contributed by atoms with Gasteiger partial charge in [-0.25, -0.2) is 4.39 Å². The number of nitriles is 2. The van der Waals surface area contributed by atoms with Crippen molar-refractivity contribution < 1.29 is 4.39 Å². The van der Waals surface area contributed by atoms with Crippen LogP contribution in [0, 0.1) is 28.6 Å². The first-order chi connectivity index (χ1) is 5.77. The van der Waals surface area contributed by atoms with Crippen molar-refractivity contribution >= 4 is 5.69 Å². The zero-order valence-electron chi connectivity index (χ0n) is 6.00. The van der Waals surface area contributed by atoms with Crippen molar-refractivity contribution in [3.63, 3.8) is 0 Å². The first-order valence-corrected chi connectivity index (χ1v) is 3.12. The van der Waals surface area contributed by atoms with Crippen LogP contribution in [0.3, 0.4) is 0 Å². The Kier molecular flexibility index (Phi) is 2.25. The number of hydrogen-bond acceptors (Lipinski definition) is 3. The van der Waals surface area contributed by atoms with Gasteiger partial charge in [0.05, 0.1) is 5.56 Å². The smallest absolute Gasteiger partial charge is 0.181 e. The second kappa shape index (κ2) is 3.36. The molecule has 0 radical (unpaired) electrons. The van der Waals surface area contributed by atoms with Crippen LogP contribution in [-0.4, -0.2) is 0 Å². The molecule has 0 aliphatic heterocycles. The Balaban J connectivity index is 3.09. The van der Waals surface area contributed by atoms with Crippen LogP contribution in [0.1, 0.15) is 5.56 Å². The van der Waals surface area contributed by atoms with Gasteiger partial charge in [-0.05, 0) is 18.2 Å². The van der Waals surface area contributed by atoms with Gasteiger partial charge in [-0.1, -0.05) is 0 Å². The molecule has 12 heavy (non-hydrogen) atoms. The third-order valence-electron chi connectivity index (χ3n) is 1.29. The Morgan fingerprint density at radius 3 is 2.67 bits per heavy atom. The molecule has 0 saturated heterocycles. The summed E-state index contributed by atoms with van der Waals surface area (Å²) < 4.78 is 12.7. The summed E-state index contributed by atoms with van der Waals surface area (Å²) in [6.07, 6.45) is 1.67. The van der Waals surface area contributed by atoms with Crippen molar-refractivity contribution in [3.05, 3.63) is 29.6 Å². The summed E-state index contributed by atoms with van der Waals surface area (Å²) in [7, 11) is 0. The second-order valence-electron chi connectivity index (χ2n) is 2.04. The van der Waals surface area contributed by atoms with E-state index in [1.165, 1.54) is 12.1 Å². The van der Waals surface area contributed by atoms with E-state index in [9.17, 15) is 4.39 Å². The SMILES string of the molecule is N#CNc1ccc(F)c(C#N)c1. The molecular formula is C8H4FN3. The lowest BCUT2D eigenvalue weighted by molar-refractivity contribution is 0.624. The van der Waals surface area contributed by atoms with Crippen molar-refractivity contribution in [3.8, 4) is 12.3 Å². The van der Waals surface area contributed by atoms with Crippen molar-refractivity contribution in [2.75, 3.05) is 5.32 Å². The molecule has 3 nitrogen and oxygen atoms in total. The molecule has 0 fully saturated rings. The summed E-state index contributed by atoms with van der Waals surface area (Å²) in [5, 5.41) is 18.9. The van der Waals surface area contributed by atoms with E-state index in [4.69, 9.17) is 10.5 Å². The molecule has 0 aliphatic rings. The van der Waals surface area contributed by atoms with Gasteiger partial charge >= 0.3 is 0 Å². The summed E-state index contributed by atoms with van der Waals surface area (Å²) in [6, 6.07) is 5.47. The van der Waals surface area contributed by atoms with Crippen molar-refractivity contribution in [1.82, 2.24) is 0 Å². The Morgan fingerprint density at radius 2 is 2.08 bits per heavy atom. The molecule has 0 saturated carbocycles. The number of nitrogens with one attached hydrogen (secondary N) is 1. The van der Waals surface area contributed by atoms with Gasteiger partial charge in [0, 0.05) is 5.69 Å². The third-order valence-corrected chi connectivity index (χ3v) is 1.29. The standard InChI is InChI=1S/C8H4FN3/c9-8-2-1-7(12-5-11)3-6(8)4-10/h1-3,12H. The van der Waals surface area contributed by atoms with Gasteiger partial charge in [-0.2, -0.15) is 10.5 Å². The molecule has 0 heterocycles. The molecule has 0 bridgehead atoms. The lowest BCUT2D eigenvalue weighted by Gasteiger charge is -1.97. The number of anilines is 1. The number of halogens is 1. The molecule has 1 N–H and O–H groups in total. The molecule has 0 unspecified atom stereocenters. The monoisotopic (exact) mass is 161 g/mol. The Hall–Kier alpha value is -2.07. The molecule has 0 atom stereocenters. The van der Waals surface area contributed by atoms with Crippen molar-refractivity contribution in [2.45, 2.75) is 0 Å². The number of nitrogens with zero attached hydrogens (tertiary/aromatic N) is 2. The molecule has 58 valence electrons. The van der Waals surface area contributed by atoms with Gasteiger partial charge in [0.1, 0.15) is 11.9 Å². The normalized spacial score (nSPS) is 8.25. The van der Waals surface area contributed by atoms with Gasteiger partial charge < -0.3 is 0 Å². The maximum absolute atomic E-state index is 12.7. The molecule has 0 amide bonds. The lowest BCUT2D eigenvalue weighted by Crippen LogP contribution is -1.90. The maximum atomic E-state index is 12.7. The van der Waals surface area contributed by atoms with Crippen molar-refractivity contribution in [2.24, 2.45) is 0 Å². The highest BCUT2D eigenvalue weighted by Crippen LogP contribution is 2.12. The molecule has 0 aromatic heterocycles. The molecule has 1 rings (SSSR count). The predicted molar refractivity (Wildman–Crippen MR) is 40.4 cm³/mol. The van der Waals surface area contributed by atoms with Gasteiger partial charge in [-0.3, -0.25) is 5.32 Å². The number of rotatable bonds is 1. The minimum atomic E-state index is -0.582. The molecule has 1 aromatic rings. The highest BCUT2D eigenvalue weighted by molar-refractivity contribution is 5.51. The van der Waals surface area contributed by atoms with Crippen LogP contribution in [0.2, 0.25) is 0 Å². The van der Waals surface area contributed by atoms with Crippen LogP contribution in [0.15, 0.2) is 18.2 Å². The summed E-state index contributed by atoms with van der Waals surface area (Å²) in [4.78, 5) is 0. The second-order valence-corrected chi connectivity index (χ2v) is 2.04. The van der Waals surface area contributed by atoms with Crippen LogP contribution in [-0.2, 0) is 0 Å². The first-order valence-electron chi connectivity index (χ1n) is 3.12. The average molecular weight is 161 g/mol. The summed E-state index contributed by atoms with van der Waals surface area (Å²) >= 11 is 0. The Morgan fingerprint density at radius 1 is 1.33 bits per heavy atom. The van der Waals surface area contributed by atoms with Gasteiger partial charge in [0.2, 0.25) is 0 Å². The fourth-order valence-corrected chi connectivity index (χ4v) is 0.753. The van der Waals surface area contributed by atoms with E-state index in [-0.39, 0.29) is 5.56 Å². The first kappa shape index (κ1) is 8.03. The van der Waals surface area contributed by atoms with Crippen LogP contribution >= 0.6 is 0 Å². The van der Waals surface area contributed by atoms with E-state index in [0.717, 1.165) is 6.07 Å². The van der Waals surface area contributed by atoms with E-state index in [2.05, 4.69) is 5.32 Å². The van der Waals surface area contributed by atoms with Crippen LogP contribution in [0.25, 0.3) is 0 Å². The van der Waals surface area contributed by atoms with Crippen LogP contribution < -0.4 is 5.32 Å². The topological polar surface area (TPSA) is 59.6 Å². The van der Waals surface area contributed by atoms with E-state index in [1.807, 2.05) is 0 Å². The van der Waals surface area contributed by atoms with Crippen LogP contribution in [0.4, 0.5) is 10.1 Å². The average Bonchev–Trinajstić information content (AvgIpc) is 2.09. The van der Waals surface area contributed by atoms with Gasteiger partial charge in [0.25, 0.3) is 0 Å². The quantitative estimate of drug-likeness (QED) is 0.502. The van der Waals surface area contributed by atoms with E-state index in [0.29, 0.717) is 5.69 Å². The molecule has 4 heteroatoms. The molecule has 0 aliphatic carbocycles. The van der Waals surface area contributed by atoms with Gasteiger partial charge in [-0.15, -0.1) is 0 Å². The predicted octanol–water partition coefficient (Wildman–Crippen LogP) is 1.59. The minimum absolute atomic E-state index is 0.0738. The van der Waals surface area contributed by atoms with E-state index in [1.54, 1.807) is 12.3 Å². The third kappa shape index (κ3) is 1.50. The van der Waals surface area contributed by atoms with Crippen molar-refractivity contribution in [1.29, 1.82) is 10.5 Å². The highest BCUT2D eigenvalue weighted by atomic mass is 19.1. The molecule has 1 aromatic carbocycles. The largest absolute Gasteiger partial charge is 0.293 e. The molecule has 0 spiro atoms. The summed E-state index contributed by atoms with van der Waals surface area (Å²) in [5.74, 6) is -0.582. The fourth-order valence-electron chi connectivity index (χ4n) is 0.753. The van der Waals surface area contributed by atoms with E-state index < -0.39 is 5.82 Å². The number of hydrogen-bond donors (Lipinski definition) is 1. The highest BCUT2D eigenvalue weighted by Gasteiger charge is 2.00. The summed E-state index contributed by atoms with van der Waals surface area (Å²) in [5.41, 5.74) is 0.339. The summed E-state index contributed by atoms with van der Waals surface area (Å²) in [6.45, 7) is 0. The molecular weight excluding hydrogens is 157 g/mol. The zero-order chi connectivity index (χ0) is 8.97. The lowest BCUT2D eigenvalue weighted by atomic mass is 10.2. The Labute approximate surface area is 68.7 Å².